The van der Waals surface area contributed by atoms with Gasteiger partial charge in [0.05, 0.1) is 0 Å². The SMILES string of the molecule is CC(C)=O.CC(C)=O.CCCCCCCC(C)=O. The Hall–Kier alpha value is -0.990. The topological polar surface area (TPSA) is 51.2 Å². The van der Waals surface area contributed by atoms with Crippen molar-refractivity contribution in [2.75, 3.05) is 0 Å². The molecule has 108 valence electrons. The van der Waals surface area contributed by atoms with Crippen LogP contribution in [-0.2, 0) is 14.4 Å². The molecule has 18 heavy (non-hydrogen) atoms. The van der Waals surface area contributed by atoms with Crippen molar-refractivity contribution in [3.05, 3.63) is 0 Å². The Morgan fingerprint density at radius 2 is 1.00 bits per heavy atom. The van der Waals surface area contributed by atoms with Crippen molar-refractivity contribution in [3.63, 3.8) is 0 Å². The minimum Gasteiger partial charge on any atom is -0.300 e. The van der Waals surface area contributed by atoms with Crippen LogP contribution in [0.3, 0.4) is 0 Å². The Kier molecular flexibility index (Phi) is 22.7. The number of ketones is 3. The summed E-state index contributed by atoms with van der Waals surface area (Å²) < 4.78 is 0. The Labute approximate surface area is 112 Å². The van der Waals surface area contributed by atoms with Gasteiger partial charge in [-0.3, -0.25) is 0 Å². The molecule has 3 heteroatoms. The van der Waals surface area contributed by atoms with Crippen molar-refractivity contribution in [1.82, 2.24) is 0 Å². The molecule has 0 aliphatic heterocycles. The van der Waals surface area contributed by atoms with Crippen LogP contribution >= 0.6 is 0 Å². The first-order chi connectivity index (χ1) is 8.23. The number of carbonyl (C=O) groups excluding carboxylic acids is 3. The lowest BCUT2D eigenvalue weighted by Crippen LogP contribution is -1.88. The van der Waals surface area contributed by atoms with Crippen molar-refractivity contribution in [2.24, 2.45) is 0 Å². The average molecular weight is 258 g/mol. The molecule has 0 saturated heterocycles. The highest BCUT2D eigenvalue weighted by atomic mass is 16.1. The number of rotatable bonds is 6. The van der Waals surface area contributed by atoms with E-state index in [1.807, 2.05) is 0 Å². The van der Waals surface area contributed by atoms with Crippen molar-refractivity contribution in [1.29, 1.82) is 0 Å². The van der Waals surface area contributed by atoms with Crippen LogP contribution in [-0.4, -0.2) is 17.3 Å². The maximum absolute atomic E-state index is 10.5. The minimum atomic E-state index is 0.167. The second kappa shape index (κ2) is 18.4. The molecule has 0 aromatic carbocycles. The molecule has 0 rings (SSSR count). The average Bonchev–Trinajstić information content (AvgIpc) is 2.15. The lowest BCUT2D eigenvalue weighted by atomic mass is 10.1. The predicted molar refractivity (Wildman–Crippen MR) is 76.8 cm³/mol. The van der Waals surface area contributed by atoms with Gasteiger partial charge in [-0.15, -0.1) is 0 Å². The largest absolute Gasteiger partial charge is 0.300 e. The van der Waals surface area contributed by atoms with E-state index in [4.69, 9.17) is 0 Å². The third-order valence-electron chi connectivity index (χ3n) is 1.63. The lowest BCUT2D eigenvalue weighted by molar-refractivity contribution is -0.117. The van der Waals surface area contributed by atoms with Gasteiger partial charge < -0.3 is 14.4 Å². The standard InChI is InChI=1S/C9H18O.2C3H6O/c1-3-4-5-6-7-8-9(2)10;2*1-3(2)4/h3-8H2,1-2H3;2*1-2H3. The molecule has 0 aliphatic carbocycles. The van der Waals surface area contributed by atoms with Gasteiger partial charge in [0.25, 0.3) is 0 Å². The summed E-state index contributed by atoms with van der Waals surface area (Å²) in [5, 5.41) is 0. The molecule has 0 radical (unpaired) electrons. The summed E-state index contributed by atoms with van der Waals surface area (Å²) in [6, 6.07) is 0. The molecule has 0 spiro atoms. The van der Waals surface area contributed by atoms with E-state index in [9.17, 15) is 14.4 Å². The molecule has 0 atom stereocenters. The number of hydrogen-bond donors (Lipinski definition) is 0. The Balaban J connectivity index is -0.000000233. The Bertz CT molecular complexity index is 200. The fraction of sp³-hybridized carbons (Fsp3) is 0.800. The third kappa shape index (κ3) is 81.6. The second-order valence-electron chi connectivity index (χ2n) is 4.68. The molecule has 0 N–H and O–H groups in total. The highest BCUT2D eigenvalue weighted by Crippen LogP contribution is 2.04. The summed E-state index contributed by atoms with van der Waals surface area (Å²) in [5.41, 5.74) is 0. The zero-order valence-corrected chi connectivity index (χ0v) is 13.0. The van der Waals surface area contributed by atoms with Gasteiger partial charge in [-0.1, -0.05) is 32.6 Å². The van der Waals surface area contributed by atoms with E-state index in [0.717, 1.165) is 12.8 Å². The maximum atomic E-state index is 10.5. The first kappa shape index (κ1) is 22.2. The molecular weight excluding hydrogens is 228 g/mol. The second-order valence-corrected chi connectivity index (χ2v) is 4.68. The number of carbonyl (C=O) groups is 3. The number of unbranched alkanes of at least 4 members (excludes halogenated alkanes) is 4. The molecule has 0 fully saturated rings. The maximum Gasteiger partial charge on any atom is 0.129 e. The van der Waals surface area contributed by atoms with Gasteiger partial charge in [0.15, 0.2) is 0 Å². The van der Waals surface area contributed by atoms with Gasteiger partial charge in [-0.2, -0.15) is 0 Å². The van der Waals surface area contributed by atoms with E-state index in [1.54, 1.807) is 6.92 Å². The highest BCUT2D eigenvalue weighted by molar-refractivity contribution is 5.75. The molecule has 0 aromatic rings. The van der Waals surface area contributed by atoms with Crippen LogP contribution in [0.4, 0.5) is 0 Å². The molecule has 3 nitrogen and oxygen atoms in total. The van der Waals surface area contributed by atoms with Gasteiger partial charge >= 0.3 is 0 Å². The predicted octanol–water partition coefficient (Wildman–Crippen LogP) is 4.13. The van der Waals surface area contributed by atoms with Crippen LogP contribution < -0.4 is 0 Å². The van der Waals surface area contributed by atoms with Gasteiger partial charge in [-0.25, -0.2) is 0 Å². The van der Waals surface area contributed by atoms with Crippen LogP contribution in [0.25, 0.3) is 0 Å². The van der Waals surface area contributed by atoms with E-state index in [2.05, 4.69) is 6.92 Å². The summed E-state index contributed by atoms with van der Waals surface area (Å²) >= 11 is 0. The van der Waals surface area contributed by atoms with Crippen LogP contribution in [0.1, 0.15) is 80.1 Å². The van der Waals surface area contributed by atoms with Crippen LogP contribution in [0.15, 0.2) is 0 Å². The summed E-state index contributed by atoms with van der Waals surface area (Å²) in [6.07, 6.45) is 6.99. The van der Waals surface area contributed by atoms with Crippen molar-refractivity contribution >= 4 is 17.3 Å². The smallest absolute Gasteiger partial charge is 0.129 e. The fourth-order valence-electron chi connectivity index (χ4n) is 0.977. The summed E-state index contributed by atoms with van der Waals surface area (Å²) in [4.78, 5) is 29.4. The number of hydrogen-bond acceptors (Lipinski definition) is 3. The molecule has 0 unspecified atom stereocenters. The first-order valence-electron chi connectivity index (χ1n) is 6.67. The Morgan fingerprint density at radius 3 is 1.28 bits per heavy atom. The van der Waals surface area contributed by atoms with E-state index in [1.165, 1.54) is 53.4 Å². The molecule has 0 bridgehead atoms. The normalized spacial score (nSPS) is 8.33. The van der Waals surface area contributed by atoms with E-state index >= 15 is 0 Å². The summed E-state index contributed by atoms with van der Waals surface area (Å²) in [6.45, 7) is 9.98. The van der Waals surface area contributed by atoms with E-state index < -0.39 is 0 Å². The first-order valence-corrected chi connectivity index (χ1v) is 6.67. The molecule has 0 heterocycles. The minimum absolute atomic E-state index is 0.167. The van der Waals surface area contributed by atoms with E-state index in [-0.39, 0.29) is 11.6 Å². The van der Waals surface area contributed by atoms with Crippen molar-refractivity contribution < 1.29 is 14.4 Å². The summed E-state index contributed by atoms with van der Waals surface area (Å²) in [7, 11) is 0. The van der Waals surface area contributed by atoms with Crippen LogP contribution in [0, 0.1) is 0 Å². The fourth-order valence-corrected chi connectivity index (χ4v) is 0.977. The van der Waals surface area contributed by atoms with Crippen molar-refractivity contribution in [2.45, 2.75) is 80.1 Å². The molecule has 0 aromatic heterocycles. The zero-order chi connectivity index (χ0) is 15.0. The zero-order valence-electron chi connectivity index (χ0n) is 13.0. The van der Waals surface area contributed by atoms with Gasteiger partial charge in [0.2, 0.25) is 0 Å². The molecular formula is C15H30O3. The molecule has 0 saturated carbocycles. The monoisotopic (exact) mass is 258 g/mol. The summed E-state index contributed by atoms with van der Waals surface area (Å²) in [5.74, 6) is 0.663. The van der Waals surface area contributed by atoms with Crippen LogP contribution in [0.5, 0.6) is 0 Å². The van der Waals surface area contributed by atoms with Crippen LogP contribution in [0.2, 0.25) is 0 Å². The van der Waals surface area contributed by atoms with Crippen molar-refractivity contribution in [3.8, 4) is 0 Å². The highest BCUT2D eigenvalue weighted by Gasteiger charge is 1.92. The quantitative estimate of drug-likeness (QED) is 0.673. The lowest BCUT2D eigenvalue weighted by Gasteiger charge is -1.95. The molecule has 0 aliphatic rings. The molecule has 0 amide bonds. The van der Waals surface area contributed by atoms with Gasteiger partial charge in [0, 0.05) is 6.42 Å². The Morgan fingerprint density at radius 1 is 0.667 bits per heavy atom. The van der Waals surface area contributed by atoms with E-state index in [0.29, 0.717) is 5.78 Å². The number of Topliss-reactive ketones (excluding diaryl/α,β-unsaturated/α-hetero) is 3. The third-order valence-corrected chi connectivity index (χ3v) is 1.63. The van der Waals surface area contributed by atoms with Gasteiger partial charge in [0.1, 0.15) is 17.3 Å². The van der Waals surface area contributed by atoms with Gasteiger partial charge in [-0.05, 0) is 41.0 Å².